The van der Waals surface area contributed by atoms with Crippen molar-refractivity contribution >= 4 is 0 Å². The molecule has 0 radical (unpaired) electrons. The summed E-state index contributed by atoms with van der Waals surface area (Å²) in [5.74, 6) is 0.283. The van der Waals surface area contributed by atoms with Crippen LogP contribution in [-0.4, -0.2) is 41.2 Å². The van der Waals surface area contributed by atoms with Crippen molar-refractivity contribution in [3.63, 3.8) is 0 Å². The van der Waals surface area contributed by atoms with Crippen molar-refractivity contribution in [3.8, 4) is 5.75 Å². The monoisotopic (exact) mass is 249 g/mol. The molecule has 18 heavy (non-hydrogen) atoms. The summed E-state index contributed by atoms with van der Waals surface area (Å²) >= 11 is 0. The highest BCUT2D eigenvalue weighted by Gasteiger charge is 2.09. The molecule has 1 aliphatic rings. The third-order valence-corrected chi connectivity index (χ3v) is 3.44. The van der Waals surface area contributed by atoms with Gasteiger partial charge in [-0.1, -0.05) is 6.42 Å². The molecule has 0 aliphatic carbocycles. The molecule has 2 rings (SSSR count). The quantitative estimate of drug-likeness (QED) is 0.779. The summed E-state index contributed by atoms with van der Waals surface area (Å²) in [5, 5.41) is 13.0. The first-order valence-corrected chi connectivity index (χ1v) is 6.84. The Kier molecular flexibility index (Phi) is 4.96. The molecule has 4 heteroatoms. The number of nitrogens with one attached hydrogen (secondary N) is 1. The number of aromatic hydroxyl groups is 1. The van der Waals surface area contributed by atoms with Crippen molar-refractivity contribution in [1.29, 1.82) is 0 Å². The number of likely N-dealkylation sites (tertiary alicyclic amines) is 1. The Hall–Kier alpha value is -1.13. The molecule has 0 saturated carbocycles. The molecule has 1 aromatic heterocycles. The van der Waals surface area contributed by atoms with E-state index in [0.29, 0.717) is 6.54 Å². The number of hydrogen-bond acceptors (Lipinski definition) is 4. The molecule has 0 unspecified atom stereocenters. The van der Waals surface area contributed by atoms with Gasteiger partial charge in [0.15, 0.2) is 0 Å². The number of rotatable bonds is 5. The van der Waals surface area contributed by atoms with Crippen LogP contribution in [0.4, 0.5) is 0 Å². The van der Waals surface area contributed by atoms with Crippen molar-refractivity contribution < 1.29 is 5.11 Å². The molecule has 1 aliphatic heterocycles. The van der Waals surface area contributed by atoms with E-state index in [1.165, 1.54) is 32.4 Å². The molecule has 0 amide bonds. The summed E-state index contributed by atoms with van der Waals surface area (Å²) in [6.07, 6.45) is 4.05. The Bertz CT molecular complexity index is 375. The summed E-state index contributed by atoms with van der Waals surface area (Å²) in [6, 6.07) is 3.54. The molecule has 1 aromatic rings. The van der Waals surface area contributed by atoms with Crippen molar-refractivity contribution in [2.75, 3.05) is 26.2 Å². The van der Waals surface area contributed by atoms with Crippen LogP contribution in [0.25, 0.3) is 0 Å². The van der Waals surface area contributed by atoms with Gasteiger partial charge in [0.1, 0.15) is 5.75 Å². The van der Waals surface area contributed by atoms with Crippen molar-refractivity contribution in [1.82, 2.24) is 15.2 Å². The minimum Gasteiger partial charge on any atom is -0.506 e. The van der Waals surface area contributed by atoms with Gasteiger partial charge in [0.05, 0.1) is 5.69 Å². The molecule has 2 N–H and O–H groups in total. The highest BCUT2D eigenvalue weighted by Crippen LogP contribution is 2.14. The molecule has 0 bridgehead atoms. The second-order valence-corrected chi connectivity index (χ2v) is 5.00. The van der Waals surface area contributed by atoms with Gasteiger partial charge in [0.2, 0.25) is 0 Å². The number of hydrogen-bond donors (Lipinski definition) is 2. The number of piperidine rings is 1. The smallest absolute Gasteiger partial charge is 0.138 e. The molecule has 4 nitrogen and oxygen atoms in total. The summed E-state index contributed by atoms with van der Waals surface area (Å²) in [6.45, 7) is 7.09. The lowest BCUT2D eigenvalue weighted by Crippen LogP contribution is -2.35. The fourth-order valence-corrected chi connectivity index (χ4v) is 2.36. The average Bonchev–Trinajstić information content (AvgIpc) is 2.40. The van der Waals surface area contributed by atoms with Gasteiger partial charge in [-0.2, -0.15) is 0 Å². The van der Waals surface area contributed by atoms with E-state index in [0.717, 1.165) is 24.5 Å². The lowest BCUT2D eigenvalue weighted by molar-refractivity contribution is 0.228. The van der Waals surface area contributed by atoms with E-state index >= 15 is 0 Å². The lowest BCUT2D eigenvalue weighted by atomic mass is 10.1. The van der Waals surface area contributed by atoms with Gasteiger partial charge < -0.3 is 15.3 Å². The third kappa shape index (κ3) is 3.96. The van der Waals surface area contributed by atoms with Crippen LogP contribution in [0.1, 0.15) is 30.7 Å². The number of aryl methyl sites for hydroxylation is 1. The fraction of sp³-hybridized carbons (Fsp3) is 0.643. The average molecular weight is 249 g/mol. The normalized spacial score (nSPS) is 16.9. The van der Waals surface area contributed by atoms with Crippen LogP contribution in [0.2, 0.25) is 0 Å². The van der Waals surface area contributed by atoms with Crippen LogP contribution >= 0.6 is 0 Å². The van der Waals surface area contributed by atoms with Crippen molar-refractivity contribution in [2.45, 2.75) is 32.7 Å². The largest absolute Gasteiger partial charge is 0.506 e. The van der Waals surface area contributed by atoms with Gasteiger partial charge in [-0.05, 0) is 45.0 Å². The van der Waals surface area contributed by atoms with Gasteiger partial charge >= 0.3 is 0 Å². The van der Waals surface area contributed by atoms with E-state index in [1.807, 2.05) is 13.0 Å². The first-order valence-electron chi connectivity index (χ1n) is 6.84. The zero-order chi connectivity index (χ0) is 12.8. The van der Waals surface area contributed by atoms with E-state index in [-0.39, 0.29) is 5.75 Å². The van der Waals surface area contributed by atoms with Gasteiger partial charge in [-0.25, -0.2) is 0 Å². The van der Waals surface area contributed by atoms with E-state index in [4.69, 9.17) is 0 Å². The minimum atomic E-state index is 0.283. The van der Waals surface area contributed by atoms with Gasteiger partial charge in [-0.15, -0.1) is 0 Å². The summed E-state index contributed by atoms with van der Waals surface area (Å²) < 4.78 is 0. The Morgan fingerprint density at radius 2 is 2.06 bits per heavy atom. The number of pyridine rings is 1. The van der Waals surface area contributed by atoms with E-state index in [2.05, 4.69) is 15.2 Å². The van der Waals surface area contributed by atoms with Gasteiger partial charge in [0.25, 0.3) is 0 Å². The second kappa shape index (κ2) is 6.71. The maximum absolute atomic E-state index is 9.67. The highest BCUT2D eigenvalue weighted by molar-refractivity contribution is 5.27. The Morgan fingerprint density at radius 1 is 1.28 bits per heavy atom. The zero-order valence-electron chi connectivity index (χ0n) is 11.2. The van der Waals surface area contributed by atoms with Crippen LogP contribution in [0.5, 0.6) is 5.75 Å². The van der Waals surface area contributed by atoms with Crippen molar-refractivity contribution in [3.05, 3.63) is 23.5 Å². The van der Waals surface area contributed by atoms with Gasteiger partial charge in [0, 0.05) is 25.3 Å². The fourth-order valence-electron chi connectivity index (χ4n) is 2.36. The molecule has 0 spiro atoms. The third-order valence-electron chi connectivity index (χ3n) is 3.44. The van der Waals surface area contributed by atoms with Crippen LogP contribution in [0.15, 0.2) is 12.1 Å². The number of nitrogens with zero attached hydrogens (tertiary/aromatic N) is 2. The maximum atomic E-state index is 9.67. The van der Waals surface area contributed by atoms with E-state index in [9.17, 15) is 5.11 Å². The Balaban J connectivity index is 1.69. The zero-order valence-corrected chi connectivity index (χ0v) is 11.2. The van der Waals surface area contributed by atoms with Crippen molar-refractivity contribution in [2.24, 2.45) is 0 Å². The van der Waals surface area contributed by atoms with Gasteiger partial charge in [-0.3, -0.25) is 4.98 Å². The number of aromatic nitrogens is 1. The summed E-state index contributed by atoms with van der Waals surface area (Å²) in [5.41, 5.74) is 1.69. The van der Waals surface area contributed by atoms with Crippen LogP contribution in [-0.2, 0) is 6.54 Å². The molecule has 2 heterocycles. The van der Waals surface area contributed by atoms with E-state index < -0.39 is 0 Å². The van der Waals surface area contributed by atoms with Crippen LogP contribution < -0.4 is 5.32 Å². The molecule has 1 fully saturated rings. The minimum absolute atomic E-state index is 0.283. The molecular weight excluding hydrogens is 226 g/mol. The maximum Gasteiger partial charge on any atom is 0.138 e. The Labute approximate surface area is 109 Å². The SMILES string of the molecule is Cc1ccc(O)c(CNCCN2CCCCC2)n1. The topological polar surface area (TPSA) is 48.4 Å². The predicted octanol–water partition coefficient (Wildman–Crippen LogP) is 1.67. The Morgan fingerprint density at radius 3 is 2.83 bits per heavy atom. The highest BCUT2D eigenvalue weighted by atomic mass is 16.3. The molecular formula is C14H23N3O. The van der Waals surface area contributed by atoms with E-state index in [1.54, 1.807) is 6.07 Å². The summed E-state index contributed by atoms with van der Waals surface area (Å²) in [4.78, 5) is 6.83. The summed E-state index contributed by atoms with van der Waals surface area (Å²) in [7, 11) is 0. The first-order chi connectivity index (χ1) is 8.75. The van der Waals surface area contributed by atoms with Crippen LogP contribution in [0.3, 0.4) is 0 Å². The first kappa shape index (κ1) is 13.3. The lowest BCUT2D eigenvalue weighted by Gasteiger charge is -2.26. The molecule has 0 aromatic carbocycles. The molecule has 100 valence electrons. The standard InChI is InChI=1S/C14H23N3O/c1-12-5-6-14(18)13(16-12)11-15-7-10-17-8-3-2-4-9-17/h5-6,15,18H,2-4,7-11H2,1H3. The predicted molar refractivity (Wildman–Crippen MR) is 72.6 cm³/mol. The second-order valence-electron chi connectivity index (χ2n) is 5.00. The molecule has 1 saturated heterocycles. The molecule has 0 atom stereocenters. The van der Waals surface area contributed by atoms with Crippen LogP contribution in [0, 0.1) is 6.92 Å².